The van der Waals surface area contributed by atoms with E-state index in [0.717, 1.165) is 37.5 Å². The standard InChI is InChI=1S/C17H23N5O2/c1-19-11-16(23)22(14-8-18-20(2)9-14)13-17(19)5-6-21(12-17)10-15-4-3-7-24-15/h3-4,7-9H,5-6,10-13H2,1-2H3/t17-/m1/s1. The maximum Gasteiger partial charge on any atom is 0.241 e. The summed E-state index contributed by atoms with van der Waals surface area (Å²) in [7, 11) is 3.94. The zero-order valence-corrected chi connectivity index (χ0v) is 14.2. The number of amides is 1. The van der Waals surface area contributed by atoms with Gasteiger partial charge in [0.15, 0.2) is 0 Å². The number of piperazine rings is 1. The molecule has 2 aromatic heterocycles. The van der Waals surface area contributed by atoms with E-state index >= 15 is 0 Å². The van der Waals surface area contributed by atoms with Crippen LogP contribution in [0.5, 0.6) is 0 Å². The number of anilines is 1. The molecule has 1 spiro atoms. The van der Waals surface area contributed by atoms with Crippen LogP contribution in [0.1, 0.15) is 12.2 Å². The maximum atomic E-state index is 12.5. The highest BCUT2D eigenvalue weighted by atomic mass is 16.3. The van der Waals surface area contributed by atoms with E-state index in [4.69, 9.17) is 4.42 Å². The van der Waals surface area contributed by atoms with Gasteiger partial charge in [-0.05, 0) is 25.6 Å². The van der Waals surface area contributed by atoms with E-state index in [1.54, 1.807) is 17.1 Å². The van der Waals surface area contributed by atoms with Crippen molar-refractivity contribution in [3.8, 4) is 0 Å². The Kier molecular flexibility index (Phi) is 3.69. The van der Waals surface area contributed by atoms with Gasteiger partial charge >= 0.3 is 0 Å². The van der Waals surface area contributed by atoms with Gasteiger partial charge in [0.2, 0.25) is 5.91 Å². The van der Waals surface area contributed by atoms with Crippen LogP contribution in [0.2, 0.25) is 0 Å². The summed E-state index contributed by atoms with van der Waals surface area (Å²) in [5.41, 5.74) is 0.885. The molecule has 4 rings (SSSR count). The van der Waals surface area contributed by atoms with Crippen molar-refractivity contribution in [3.05, 3.63) is 36.5 Å². The molecule has 2 aliphatic heterocycles. The quantitative estimate of drug-likeness (QED) is 0.839. The van der Waals surface area contributed by atoms with E-state index in [2.05, 4.69) is 21.9 Å². The van der Waals surface area contributed by atoms with Crippen molar-refractivity contribution in [2.24, 2.45) is 7.05 Å². The minimum Gasteiger partial charge on any atom is -0.468 e. The summed E-state index contributed by atoms with van der Waals surface area (Å²) in [6, 6.07) is 3.94. The van der Waals surface area contributed by atoms with Gasteiger partial charge in [-0.2, -0.15) is 5.10 Å². The lowest BCUT2D eigenvalue weighted by Crippen LogP contribution is -2.64. The largest absolute Gasteiger partial charge is 0.468 e. The first-order valence-electron chi connectivity index (χ1n) is 8.31. The molecule has 2 aliphatic rings. The highest BCUT2D eigenvalue weighted by Gasteiger charge is 2.47. The molecular weight excluding hydrogens is 306 g/mol. The molecule has 128 valence electrons. The van der Waals surface area contributed by atoms with E-state index < -0.39 is 0 Å². The van der Waals surface area contributed by atoms with Gasteiger partial charge in [0, 0.05) is 32.9 Å². The Hall–Kier alpha value is -2.12. The average Bonchev–Trinajstić information content (AvgIpc) is 3.26. The van der Waals surface area contributed by atoms with Crippen LogP contribution in [0.3, 0.4) is 0 Å². The summed E-state index contributed by atoms with van der Waals surface area (Å²) >= 11 is 0. The molecule has 0 bridgehead atoms. The maximum absolute atomic E-state index is 12.5. The van der Waals surface area contributed by atoms with Crippen molar-refractivity contribution in [2.45, 2.75) is 18.5 Å². The molecular formula is C17H23N5O2. The lowest BCUT2D eigenvalue weighted by molar-refractivity contribution is -0.123. The number of rotatable bonds is 3. The van der Waals surface area contributed by atoms with Gasteiger partial charge in [-0.15, -0.1) is 0 Å². The minimum atomic E-state index is -0.00363. The number of aromatic nitrogens is 2. The second-order valence-corrected chi connectivity index (χ2v) is 6.97. The fraction of sp³-hybridized carbons (Fsp3) is 0.529. The molecule has 1 amide bonds. The molecule has 24 heavy (non-hydrogen) atoms. The molecule has 0 saturated carbocycles. The first kappa shape index (κ1) is 15.4. The number of hydrogen-bond donors (Lipinski definition) is 0. The summed E-state index contributed by atoms with van der Waals surface area (Å²) in [4.78, 5) is 19.0. The Morgan fingerprint density at radius 2 is 2.21 bits per heavy atom. The topological polar surface area (TPSA) is 57.8 Å². The number of hydrogen-bond acceptors (Lipinski definition) is 5. The van der Waals surface area contributed by atoms with Crippen molar-refractivity contribution in [2.75, 3.05) is 38.1 Å². The second-order valence-electron chi connectivity index (χ2n) is 6.97. The molecule has 4 heterocycles. The molecule has 0 aromatic carbocycles. The zero-order valence-electron chi connectivity index (χ0n) is 14.2. The van der Waals surface area contributed by atoms with Crippen molar-refractivity contribution < 1.29 is 9.21 Å². The highest BCUT2D eigenvalue weighted by molar-refractivity contribution is 5.95. The molecule has 7 nitrogen and oxygen atoms in total. The van der Waals surface area contributed by atoms with E-state index in [-0.39, 0.29) is 11.4 Å². The molecule has 7 heteroatoms. The predicted octanol–water partition coefficient (Wildman–Crippen LogP) is 0.936. The Morgan fingerprint density at radius 3 is 2.92 bits per heavy atom. The van der Waals surface area contributed by atoms with E-state index in [1.807, 2.05) is 30.3 Å². The van der Waals surface area contributed by atoms with Gasteiger partial charge < -0.3 is 9.32 Å². The normalized spacial score (nSPS) is 25.9. The minimum absolute atomic E-state index is 0.00363. The van der Waals surface area contributed by atoms with Crippen molar-refractivity contribution in [1.29, 1.82) is 0 Å². The molecule has 0 unspecified atom stereocenters. The number of nitrogens with zero attached hydrogens (tertiary/aromatic N) is 5. The number of furan rings is 1. The summed E-state index contributed by atoms with van der Waals surface area (Å²) in [5, 5.41) is 4.21. The van der Waals surface area contributed by atoms with Crippen molar-refractivity contribution in [1.82, 2.24) is 19.6 Å². The van der Waals surface area contributed by atoms with Crippen molar-refractivity contribution >= 4 is 11.6 Å². The van der Waals surface area contributed by atoms with Gasteiger partial charge in [-0.3, -0.25) is 19.3 Å². The number of aryl methyl sites for hydroxylation is 1. The second kappa shape index (κ2) is 5.75. The third-order valence-corrected chi connectivity index (χ3v) is 5.31. The van der Waals surface area contributed by atoms with Crippen LogP contribution in [0, 0.1) is 0 Å². The first-order valence-corrected chi connectivity index (χ1v) is 8.31. The number of carbonyl (C=O) groups is 1. The molecule has 1 atom stereocenters. The Labute approximate surface area is 141 Å². The molecule has 2 aromatic rings. The lowest BCUT2D eigenvalue weighted by atomic mass is 9.93. The summed E-state index contributed by atoms with van der Waals surface area (Å²) < 4.78 is 7.22. The number of likely N-dealkylation sites (N-methyl/N-ethyl adjacent to an activating group) is 1. The van der Waals surface area contributed by atoms with Gasteiger partial charge in [0.1, 0.15) is 5.76 Å². The number of likely N-dealkylation sites (tertiary alicyclic amines) is 1. The predicted molar refractivity (Wildman–Crippen MR) is 89.5 cm³/mol. The van der Waals surface area contributed by atoms with Crippen LogP contribution in [0.15, 0.2) is 35.2 Å². The SMILES string of the molecule is CN1CC(=O)N(c2cnn(C)c2)C[C@]12CCN(Cc1ccco1)C2. The van der Waals surface area contributed by atoms with Crippen molar-refractivity contribution in [3.63, 3.8) is 0 Å². The van der Waals surface area contributed by atoms with Gasteiger partial charge in [0.25, 0.3) is 0 Å². The summed E-state index contributed by atoms with van der Waals surface area (Å²) in [6.07, 6.45) is 6.45. The Bertz CT molecular complexity index is 725. The fourth-order valence-electron chi connectivity index (χ4n) is 3.88. The number of carbonyl (C=O) groups excluding carboxylic acids is 1. The van der Waals surface area contributed by atoms with Crippen LogP contribution in [-0.4, -0.2) is 64.3 Å². The molecule has 0 aliphatic carbocycles. The van der Waals surface area contributed by atoms with Gasteiger partial charge in [0.05, 0.1) is 36.8 Å². The van der Waals surface area contributed by atoms with Gasteiger partial charge in [-0.25, -0.2) is 0 Å². The van der Waals surface area contributed by atoms with E-state index in [9.17, 15) is 4.79 Å². The summed E-state index contributed by atoms with van der Waals surface area (Å²) in [5.74, 6) is 1.13. The van der Waals surface area contributed by atoms with Gasteiger partial charge in [-0.1, -0.05) is 0 Å². The smallest absolute Gasteiger partial charge is 0.241 e. The third kappa shape index (κ3) is 2.63. The zero-order chi connectivity index (χ0) is 16.7. The summed E-state index contributed by atoms with van der Waals surface area (Å²) in [6.45, 7) is 3.93. The van der Waals surface area contributed by atoms with Crippen LogP contribution in [0.4, 0.5) is 5.69 Å². The van der Waals surface area contributed by atoms with E-state index in [0.29, 0.717) is 13.1 Å². The lowest BCUT2D eigenvalue weighted by Gasteiger charge is -2.46. The highest BCUT2D eigenvalue weighted by Crippen LogP contribution is 2.33. The first-order chi connectivity index (χ1) is 11.6. The average molecular weight is 329 g/mol. The van der Waals surface area contributed by atoms with E-state index in [1.165, 1.54) is 0 Å². The van der Waals surface area contributed by atoms with Crippen LogP contribution >= 0.6 is 0 Å². The Morgan fingerprint density at radius 1 is 1.33 bits per heavy atom. The molecule has 0 radical (unpaired) electrons. The molecule has 0 N–H and O–H groups in total. The van der Waals surface area contributed by atoms with Crippen LogP contribution in [-0.2, 0) is 18.4 Å². The third-order valence-electron chi connectivity index (χ3n) is 5.31. The fourth-order valence-corrected chi connectivity index (χ4v) is 3.88. The molecule has 2 saturated heterocycles. The van der Waals surface area contributed by atoms with Crippen LogP contribution < -0.4 is 4.90 Å². The monoisotopic (exact) mass is 329 g/mol. The Balaban J connectivity index is 1.52. The van der Waals surface area contributed by atoms with Crippen LogP contribution in [0.25, 0.3) is 0 Å². The molecule has 2 fully saturated rings.